The molecule has 2 fully saturated rings. The maximum Gasteiger partial charge on any atom is 0.0707 e. The maximum atomic E-state index is 5.87. The number of ether oxygens (including phenoxy) is 1. The largest absolute Gasteiger partial charge is 0.372 e. The number of likely N-dealkylation sites (tertiary alicyclic amines) is 1. The lowest BCUT2D eigenvalue weighted by atomic mass is 10.1. The molecule has 0 aromatic rings. The minimum Gasteiger partial charge on any atom is -0.372 e. The second-order valence-corrected chi connectivity index (χ2v) is 4.94. The third kappa shape index (κ3) is 2.71. The van der Waals surface area contributed by atoms with Gasteiger partial charge in [0.2, 0.25) is 0 Å². The summed E-state index contributed by atoms with van der Waals surface area (Å²) in [6.07, 6.45) is 7.34. The van der Waals surface area contributed by atoms with Gasteiger partial charge in [0, 0.05) is 25.7 Å². The summed E-state index contributed by atoms with van der Waals surface area (Å²) in [7, 11) is 0. The summed E-state index contributed by atoms with van der Waals surface area (Å²) >= 11 is 0. The van der Waals surface area contributed by atoms with Gasteiger partial charge in [0.1, 0.15) is 0 Å². The fourth-order valence-electron chi connectivity index (χ4n) is 2.83. The second kappa shape index (κ2) is 5.28. The third-order valence-electron chi connectivity index (χ3n) is 3.75. The van der Waals surface area contributed by atoms with E-state index >= 15 is 0 Å². The zero-order valence-corrected chi connectivity index (χ0v) is 9.82. The van der Waals surface area contributed by atoms with Crippen LogP contribution in [0.15, 0.2) is 0 Å². The lowest BCUT2D eigenvalue weighted by Crippen LogP contribution is -2.50. The van der Waals surface area contributed by atoms with Crippen molar-refractivity contribution >= 4 is 0 Å². The first kappa shape index (κ1) is 11.4. The lowest BCUT2D eigenvalue weighted by Gasteiger charge is -2.37. The van der Waals surface area contributed by atoms with Crippen LogP contribution in [-0.2, 0) is 4.74 Å². The van der Waals surface area contributed by atoms with Crippen molar-refractivity contribution in [3.05, 3.63) is 0 Å². The molecule has 0 spiro atoms. The van der Waals surface area contributed by atoms with E-state index in [2.05, 4.69) is 11.8 Å². The Morgan fingerprint density at radius 2 is 2.00 bits per heavy atom. The number of nitrogens with zero attached hydrogens (tertiary/aromatic N) is 1. The van der Waals surface area contributed by atoms with Gasteiger partial charge in [-0.15, -0.1) is 0 Å². The molecule has 88 valence electrons. The number of fused-ring (bicyclic) bond motifs is 2. The number of hydrogen-bond donors (Lipinski definition) is 1. The first-order valence-corrected chi connectivity index (χ1v) is 6.43. The van der Waals surface area contributed by atoms with Crippen LogP contribution in [0.2, 0.25) is 0 Å². The van der Waals surface area contributed by atoms with Gasteiger partial charge in [-0.2, -0.15) is 0 Å². The monoisotopic (exact) mass is 212 g/mol. The van der Waals surface area contributed by atoms with Crippen LogP contribution in [0.3, 0.4) is 0 Å². The van der Waals surface area contributed by atoms with Crippen molar-refractivity contribution in [1.82, 2.24) is 4.90 Å². The van der Waals surface area contributed by atoms with Gasteiger partial charge in [0.15, 0.2) is 0 Å². The van der Waals surface area contributed by atoms with Crippen LogP contribution >= 0.6 is 0 Å². The van der Waals surface area contributed by atoms with Gasteiger partial charge < -0.3 is 10.5 Å². The predicted molar refractivity (Wildman–Crippen MR) is 61.8 cm³/mol. The molecule has 3 atom stereocenters. The summed E-state index contributed by atoms with van der Waals surface area (Å²) in [4.78, 5) is 2.57. The Bertz CT molecular complexity index is 186. The van der Waals surface area contributed by atoms with E-state index < -0.39 is 0 Å². The smallest absolute Gasteiger partial charge is 0.0707 e. The number of morpholine rings is 1. The summed E-state index contributed by atoms with van der Waals surface area (Å²) < 4.78 is 5.84. The Hall–Kier alpha value is -0.120. The van der Waals surface area contributed by atoms with Crippen molar-refractivity contribution in [2.75, 3.05) is 19.6 Å². The van der Waals surface area contributed by atoms with Gasteiger partial charge in [-0.1, -0.05) is 19.8 Å². The van der Waals surface area contributed by atoms with Crippen LogP contribution in [0, 0.1) is 0 Å². The van der Waals surface area contributed by atoms with Crippen molar-refractivity contribution in [3.8, 4) is 0 Å². The Morgan fingerprint density at radius 3 is 2.53 bits per heavy atom. The van der Waals surface area contributed by atoms with Crippen molar-refractivity contribution in [1.29, 1.82) is 0 Å². The zero-order chi connectivity index (χ0) is 10.7. The van der Waals surface area contributed by atoms with Gasteiger partial charge in [0.25, 0.3) is 0 Å². The molecule has 3 unspecified atom stereocenters. The highest BCUT2D eigenvalue weighted by molar-refractivity contribution is 4.88. The average Bonchev–Trinajstić information content (AvgIpc) is 2.59. The van der Waals surface area contributed by atoms with E-state index in [0.717, 1.165) is 19.6 Å². The van der Waals surface area contributed by atoms with E-state index in [1.165, 1.54) is 32.1 Å². The number of unbranched alkanes of at least 4 members (excludes halogenated alkanes) is 1. The van der Waals surface area contributed by atoms with E-state index in [0.29, 0.717) is 18.2 Å². The first-order valence-electron chi connectivity index (χ1n) is 6.43. The summed E-state index contributed by atoms with van der Waals surface area (Å²) in [5, 5.41) is 0. The van der Waals surface area contributed by atoms with Crippen molar-refractivity contribution in [2.45, 2.75) is 57.3 Å². The van der Waals surface area contributed by atoms with Gasteiger partial charge in [-0.05, 0) is 19.3 Å². The van der Waals surface area contributed by atoms with E-state index in [4.69, 9.17) is 10.5 Å². The molecule has 0 aliphatic carbocycles. The molecule has 2 aliphatic heterocycles. The van der Waals surface area contributed by atoms with Crippen LogP contribution in [-0.4, -0.2) is 42.8 Å². The normalized spacial score (nSPS) is 33.2. The highest BCUT2D eigenvalue weighted by atomic mass is 16.5. The molecule has 0 amide bonds. The third-order valence-corrected chi connectivity index (χ3v) is 3.75. The van der Waals surface area contributed by atoms with Crippen molar-refractivity contribution in [2.24, 2.45) is 5.73 Å². The van der Waals surface area contributed by atoms with Gasteiger partial charge in [-0.3, -0.25) is 4.90 Å². The molecule has 0 radical (unpaired) electrons. The van der Waals surface area contributed by atoms with E-state index in [1.54, 1.807) is 0 Å². The fourth-order valence-corrected chi connectivity index (χ4v) is 2.83. The Kier molecular flexibility index (Phi) is 4.00. The molecular formula is C12H24N2O. The highest BCUT2D eigenvalue weighted by Gasteiger charge is 2.35. The first-order chi connectivity index (χ1) is 7.33. The SMILES string of the molecule is CCCCC(CN)N1CC2CCC(C1)O2. The standard InChI is InChI=1S/C12H24N2O/c1-2-3-4-10(7-13)14-8-11-5-6-12(9-14)15-11/h10-12H,2-9,13H2,1H3. The maximum absolute atomic E-state index is 5.87. The molecule has 3 nitrogen and oxygen atoms in total. The molecule has 0 aromatic heterocycles. The minimum atomic E-state index is 0.499. The van der Waals surface area contributed by atoms with Crippen LogP contribution in [0.5, 0.6) is 0 Å². The van der Waals surface area contributed by atoms with Crippen molar-refractivity contribution < 1.29 is 4.74 Å². The number of hydrogen-bond acceptors (Lipinski definition) is 3. The van der Waals surface area contributed by atoms with E-state index in [9.17, 15) is 0 Å². The van der Waals surface area contributed by atoms with Gasteiger partial charge in [0.05, 0.1) is 12.2 Å². The molecule has 2 heterocycles. The van der Waals surface area contributed by atoms with Crippen LogP contribution in [0.1, 0.15) is 39.0 Å². The molecule has 0 saturated carbocycles. The van der Waals surface area contributed by atoms with Gasteiger partial charge >= 0.3 is 0 Å². The summed E-state index contributed by atoms with van der Waals surface area (Å²) in [5.74, 6) is 0. The number of nitrogens with two attached hydrogens (primary N) is 1. The van der Waals surface area contributed by atoms with Crippen LogP contribution < -0.4 is 5.73 Å². The molecule has 3 heteroatoms. The lowest BCUT2D eigenvalue weighted by molar-refractivity contribution is -0.0527. The van der Waals surface area contributed by atoms with E-state index in [-0.39, 0.29) is 0 Å². The van der Waals surface area contributed by atoms with Crippen LogP contribution in [0.25, 0.3) is 0 Å². The van der Waals surface area contributed by atoms with Gasteiger partial charge in [-0.25, -0.2) is 0 Å². The molecule has 2 bridgehead atoms. The molecule has 2 saturated heterocycles. The minimum absolute atomic E-state index is 0.499. The van der Waals surface area contributed by atoms with E-state index in [1.807, 2.05) is 0 Å². The molecule has 2 rings (SSSR count). The second-order valence-electron chi connectivity index (χ2n) is 4.94. The fraction of sp³-hybridized carbons (Fsp3) is 1.00. The summed E-state index contributed by atoms with van der Waals surface area (Å²) in [5.41, 5.74) is 5.87. The highest BCUT2D eigenvalue weighted by Crippen LogP contribution is 2.28. The molecule has 15 heavy (non-hydrogen) atoms. The summed E-state index contributed by atoms with van der Waals surface area (Å²) in [6, 6.07) is 0.594. The average molecular weight is 212 g/mol. The predicted octanol–water partition coefficient (Wildman–Crippen LogP) is 1.37. The Morgan fingerprint density at radius 1 is 1.33 bits per heavy atom. The molecule has 2 aliphatic rings. The van der Waals surface area contributed by atoms with Crippen molar-refractivity contribution in [3.63, 3.8) is 0 Å². The Labute approximate surface area is 93.0 Å². The molecule has 0 aromatic carbocycles. The molecular weight excluding hydrogens is 188 g/mol. The quantitative estimate of drug-likeness (QED) is 0.748. The number of rotatable bonds is 5. The summed E-state index contributed by atoms with van der Waals surface area (Å²) in [6.45, 7) is 5.28. The molecule has 2 N–H and O–H groups in total. The zero-order valence-electron chi connectivity index (χ0n) is 9.82. The topological polar surface area (TPSA) is 38.5 Å². The van der Waals surface area contributed by atoms with Crippen LogP contribution in [0.4, 0.5) is 0 Å². The Balaban J connectivity index is 1.85.